The van der Waals surface area contributed by atoms with Gasteiger partial charge in [-0.25, -0.2) is 9.97 Å². The molecular formula is C16H14BrN5O2. The van der Waals surface area contributed by atoms with Gasteiger partial charge in [0.1, 0.15) is 17.8 Å². The summed E-state index contributed by atoms with van der Waals surface area (Å²) < 4.78 is 0.926. The third-order valence-electron chi connectivity index (χ3n) is 3.58. The van der Waals surface area contributed by atoms with E-state index < -0.39 is 4.92 Å². The summed E-state index contributed by atoms with van der Waals surface area (Å²) in [6.45, 7) is 3.73. The molecule has 0 bridgehead atoms. The van der Waals surface area contributed by atoms with Gasteiger partial charge in [0, 0.05) is 22.1 Å². The lowest BCUT2D eigenvalue weighted by Gasteiger charge is -2.16. The van der Waals surface area contributed by atoms with Gasteiger partial charge in [0.2, 0.25) is 0 Å². The minimum atomic E-state index is -0.454. The first-order valence-corrected chi connectivity index (χ1v) is 8.03. The van der Waals surface area contributed by atoms with E-state index in [4.69, 9.17) is 0 Å². The van der Waals surface area contributed by atoms with Gasteiger partial charge < -0.3 is 5.32 Å². The third-order valence-corrected chi connectivity index (χ3v) is 4.07. The molecule has 0 radical (unpaired) electrons. The SMILES string of the molecule is Cc1nc(N[C@H](C)c2cncc([N+](=O)[O-])c2)c2cc(Br)ccc2n1. The number of hydrogen-bond donors (Lipinski definition) is 1. The predicted molar refractivity (Wildman–Crippen MR) is 94.9 cm³/mol. The molecule has 1 N–H and O–H groups in total. The smallest absolute Gasteiger partial charge is 0.287 e. The molecule has 0 saturated carbocycles. The van der Waals surface area contributed by atoms with Gasteiger partial charge in [-0.3, -0.25) is 15.1 Å². The second-order valence-corrected chi connectivity index (χ2v) is 6.30. The van der Waals surface area contributed by atoms with E-state index in [0.29, 0.717) is 17.2 Å². The van der Waals surface area contributed by atoms with Gasteiger partial charge in [0.25, 0.3) is 5.69 Å². The zero-order valence-corrected chi connectivity index (χ0v) is 14.6. The van der Waals surface area contributed by atoms with Crippen molar-refractivity contribution >= 4 is 38.3 Å². The minimum Gasteiger partial charge on any atom is -0.363 e. The summed E-state index contributed by atoms with van der Waals surface area (Å²) in [6.07, 6.45) is 2.84. The summed E-state index contributed by atoms with van der Waals surface area (Å²) >= 11 is 3.45. The van der Waals surface area contributed by atoms with E-state index in [2.05, 4.69) is 36.2 Å². The van der Waals surface area contributed by atoms with Crippen LogP contribution in [0.4, 0.5) is 11.5 Å². The number of pyridine rings is 1. The molecule has 1 aromatic carbocycles. The second kappa shape index (κ2) is 6.48. The number of aryl methyl sites for hydroxylation is 1. The van der Waals surface area contributed by atoms with Crippen molar-refractivity contribution in [3.05, 3.63) is 62.6 Å². The fraction of sp³-hybridized carbons (Fsp3) is 0.188. The number of anilines is 1. The fourth-order valence-electron chi connectivity index (χ4n) is 2.40. The summed E-state index contributed by atoms with van der Waals surface area (Å²) in [4.78, 5) is 23.3. The van der Waals surface area contributed by atoms with Gasteiger partial charge in [-0.05, 0) is 37.6 Å². The molecule has 3 aromatic rings. The van der Waals surface area contributed by atoms with Crippen LogP contribution in [-0.2, 0) is 0 Å². The van der Waals surface area contributed by atoms with Crippen molar-refractivity contribution in [2.45, 2.75) is 19.9 Å². The van der Waals surface area contributed by atoms with Gasteiger partial charge in [0.15, 0.2) is 0 Å². The Bertz CT molecular complexity index is 931. The molecule has 7 nitrogen and oxygen atoms in total. The average Bonchev–Trinajstić information content (AvgIpc) is 2.55. The molecule has 1 atom stereocenters. The zero-order valence-electron chi connectivity index (χ0n) is 13.0. The Kier molecular flexibility index (Phi) is 4.39. The molecule has 0 fully saturated rings. The molecule has 0 aliphatic heterocycles. The van der Waals surface area contributed by atoms with Crippen LogP contribution in [0.3, 0.4) is 0 Å². The number of aromatic nitrogens is 3. The lowest BCUT2D eigenvalue weighted by molar-refractivity contribution is -0.385. The lowest BCUT2D eigenvalue weighted by Crippen LogP contribution is -2.10. The van der Waals surface area contributed by atoms with Crippen molar-refractivity contribution in [3.8, 4) is 0 Å². The van der Waals surface area contributed by atoms with Crippen LogP contribution < -0.4 is 5.32 Å². The third kappa shape index (κ3) is 3.33. The minimum absolute atomic E-state index is 0.0346. The summed E-state index contributed by atoms with van der Waals surface area (Å²) in [7, 11) is 0. The van der Waals surface area contributed by atoms with Gasteiger partial charge in [-0.1, -0.05) is 15.9 Å². The van der Waals surface area contributed by atoms with E-state index in [1.54, 1.807) is 6.20 Å². The monoisotopic (exact) mass is 387 g/mol. The topological polar surface area (TPSA) is 93.8 Å². The maximum absolute atomic E-state index is 10.9. The summed E-state index contributed by atoms with van der Waals surface area (Å²) in [5.74, 6) is 1.33. The highest BCUT2D eigenvalue weighted by atomic mass is 79.9. The quantitative estimate of drug-likeness (QED) is 0.532. The lowest BCUT2D eigenvalue weighted by atomic mass is 10.1. The van der Waals surface area contributed by atoms with Gasteiger partial charge in [-0.15, -0.1) is 0 Å². The van der Waals surface area contributed by atoms with E-state index in [1.807, 2.05) is 32.0 Å². The summed E-state index contributed by atoms with van der Waals surface area (Å²) in [5, 5.41) is 15.1. The fourth-order valence-corrected chi connectivity index (χ4v) is 2.76. The Labute approximate surface area is 146 Å². The summed E-state index contributed by atoms with van der Waals surface area (Å²) in [5.41, 5.74) is 1.51. The van der Waals surface area contributed by atoms with Crippen molar-refractivity contribution in [1.82, 2.24) is 15.0 Å². The van der Waals surface area contributed by atoms with Crippen LogP contribution in [0.1, 0.15) is 24.4 Å². The van der Waals surface area contributed by atoms with Crippen LogP contribution in [0.25, 0.3) is 10.9 Å². The Hall–Kier alpha value is -2.61. The van der Waals surface area contributed by atoms with E-state index in [-0.39, 0.29) is 11.7 Å². The Morgan fingerprint density at radius 1 is 1.25 bits per heavy atom. The molecule has 0 aliphatic rings. The van der Waals surface area contributed by atoms with Crippen LogP contribution in [0.2, 0.25) is 0 Å². The number of nitro groups is 1. The van der Waals surface area contributed by atoms with Crippen molar-refractivity contribution in [1.29, 1.82) is 0 Å². The van der Waals surface area contributed by atoms with Gasteiger partial charge in [0.05, 0.1) is 16.5 Å². The Morgan fingerprint density at radius 3 is 2.79 bits per heavy atom. The van der Waals surface area contributed by atoms with Crippen molar-refractivity contribution in [2.75, 3.05) is 5.32 Å². The van der Waals surface area contributed by atoms with Crippen LogP contribution >= 0.6 is 15.9 Å². The molecule has 3 rings (SSSR count). The standard InChI is InChI=1S/C16H14BrN5O2/c1-9(11-5-13(22(23)24)8-18-7-11)19-16-14-6-12(17)3-4-15(14)20-10(2)21-16/h3-9H,1-2H3,(H,19,20,21)/t9-/m1/s1. The van der Waals surface area contributed by atoms with Crippen LogP contribution in [0, 0.1) is 17.0 Å². The number of hydrogen-bond acceptors (Lipinski definition) is 6. The van der Waals surface area contributed by atoms with Gasteiger partial charge >= 0.3 is 0 Å². The number of rotatable bonds is 4. The molecule has 2 aromatic heterocycles. The van der Waals surface area contributed by atoms with Gasteiger partial charge in [-0.2, -0.15) is 0 Å². The van der Waals surface area contributed by atoms with Crippen LogP contribution in [0.5, 0.6) is 0 Å². The van der Waals surface area contributed by atoms with E-state index >= 15 is 0 Å². The maximum atomic E-state index is 10.9. The number of halogens is 1. The predicted octanol–water partition coefficient (Wildman–Crippen LogP) is 4.18. The Balaban J connectivity index is 1.98. The average molecular weight is 388 g/mol. The van der Waals surface area contributed by atoms with E-state index in [9.17, 15) is 10.1 Å². The first-order valence-electron chi connectivity index (χ1n) is 7.24. The second-order valence-electron chi connectivity index (χ2n) is 5.38. The van der Waals surface area contributed by atoms with Crippen molar-refractivity contribution < 1.29 is 4.92 Å². The molecule has 0 spiro atoms. The van der Waals surface area contributed by atoms with Crippen LogP contribution in [0.15, 0.2) is 41.1 Å². The molecule has 0 amide bonds. The normalized spacial score (nSPS) is 12.1. The number of nitrogens with zero attached hydrogens (tertiary/aromatic N) is 4. The van der Waals surface area contributed by atoms with E-state index in [1.165, 1.54) is 12.3 Å². The summed E-state index contributed by atoms with van der Waals surface area (Å²) in [6, 6.07) is 7.09. The number of benzene rings is 1. The van der Waals surface area contributed by atoms with Crippen LogP contribution in [-0.4, -0.2) is 19.9 Å². The highest BCUT2D eigenvalue weighted by Gasteiger charge is 2.14. The molecule has 0 unspecified atom stereocenters. The largest absolute Gasteiger partial charge is 0.363 e. The highest BCUT2D eigenvalue weighted by molar-refractivity contribution is 9.10. The Morgan fingerprint density at radius 2 is 2.04 bits per heavy atom. The maximum Gasteiger partial charge on any atom is 0.287 e. The molecule has 0 saturated heterocycles. The first-order chi connectivity index (χ1) is 11.4. The molecule has 122 valence electrons. The highest BCUT2D eigenvalue weighted by Crippen LogP contribution is 2.28. The number of nitrogens with one attached hydrogen (secondary N) is 1. The van der Waals surface area contributed by atoms with Crippen molar-refractivity contribution in [2.24, 2.45) is 0 Å². The van der Waals surface area contributed by atoms with E-state index in [0.717, 1.165) is 15.4 Å². The molecule has 0 aliphatic carbocycles. The molecular weight excluding hydrogens is 374 g/mol. The first kappa shape index (κ1) is 16.3. The molecule has 24 heavy (non-hydrogen) atoms. The number of fused-ring (bicyclic) bond motifs is 1. The van der Waals surface area contributed by atoms with Crippen molar-refractivity contribution in [3.63, 3.8) is 0 Å². The molecule has 2 heterocycles. The molecule has 8 heteroatoms. The zero-order chi connectivity index (χ0) is 17.3.